The number of benzene rings is 1. The average Bonchev–Trinajstić information content (AvgIpc) is 2.94. The van der Waals surface area contributed by atoms with Gasteiger partial charge in [0.25, 0.3) is 5.91 Å². The minimum Gasteiger partial charge on any atom is -0.459 e. The van der Waals surface area contributed by atoms with Gasteiger partial charge < -0.3 is 14.8 Å². The zero-order valence-electron chi connectivity index (χ0n) is 10.6. The van der Waals surface area contributed by atoms with Gasteiger partial charge in [0, 0.05) is 12.0 Å². The topological polar surface area (TPSA) is 62.5 Å². The molecule has 0 saturated heterocycles. The number of carbonyl (C=O) groups is 1. The fourth-order valence-electron chi connectivity index (χ4n) is 2.56. The van der Waals surface area contributed by atoms with Crippen LogP contribution in [0.3, 0.4) is 0 Å². The Morgan fingerprint density at radius 2 is 2.16 bits per heavy atom. The fourth-order valence-corrected chi connectivity index (χ4v) is 2.56. The molecule has 1 aromatic carbocycles. The molecule has 1 aliphatic rings. The number of aliphatic hydroxyl groups is 1. The number of amides is 1. The van der Waals surface area contributed by atoms with Gasteiger partial charge in [-0.15, -0.1) is 0 Å². The van der Waals surface area contributed by atoms with Crippen LogP contribution in [-0.2, 0) is 6.42 Å². The van der Waals surface area contributed by atoms with Gasteiger partial charge in [-0.25, -0.2) is 0 Å². The smallest absolute Gasteiger partial charge is 0.287 e. The summed E-state index contributed by atoms with van der Waals surface area (Å²) in [6.07, 6.45) is 1.47. The fraction of sp³-hybridized carbons (Fsp3) is 0.267. The van der Waals surface area contributed by atoms with E-state index in [-0.39, 0.29) is 11.9 Å². The number of nitrogens with one attached hydrogen (secondary N) is 1. The Morgan fingerprint density at radius 3 is 2.89 bits per heavy atom. The molecule has 3 rings (SSSR count). The second-order valence-corrected chi connectivity index (χ2v) is 4.85. The molecule has 98 valence electrons. The minimum atomic E-state index is -0.586. The number of fused-ring (bicyclic) bond motifs is 1. The van der Waals surface area contributed by atoms with Gasteiger partial charge in [-0.2, -0.15) is 0 Å². The summed E-state index contributed by atoms with van der Waals surface area (Å²) in [7, 11) is 0. The van der Waals surface area contributed by atoms with E-state index in [0.29, 0.717) is 12.2 Å². The number of hydrogen-bond donors (Lipinski definition) is 2. The Kier molecular flexibility index (Phi) is 2.87. The zero-order chi connectivity index (χ0) is 13.4. The van der Waals surface area contributed by atoms with E-state index >= 15 is 0 Å². The first-order valence-corrected chi connectivity index (χ1v) is 6.27. The van der Waals surface area contributed by atoms with Gasteiger partial charge in [-0.3, -0.25) is 4.79 Å². The molecule has 0 saturated carbocycles. The van der Waals surface area contributed by atoms with Crippen LogP contribution in [0.25, 0.3) is 0 Å². The Balaban J connectivity index is 1.84. The van der Waals surface area contributed by atoms with Crippen molar-refractivity contribution >= 4 is 5.91 Å². The third-order valence-corrected chi connectivity index (χ3v) is 3.56. The Morgan fingerprint density at radius 1 is 1.37 bits per heavy atom. The number of aryl methyl sites for hydroxylation is 1. The highest BCUT2D eigenvalue weighted by Gasteiger charge is 2.32. The highest BCUT2D eigenvalue weighted by atomic mass is 16.3. The van der Waals surface area contributed by atoms with Gasteiger partial charge in [0.1, 0.15) is 0 Å². The lowest BCUT2D eigenvalue weighted by Crippen LogP contribution is -2.33. The third-order valence-electron chi connectivity index (χ3n) is 3.56. The number of carbonyl (C=O) groups excluding carboxylic acids is 1. The van der Waals surface area contributed by atoms with E-state index in [4.69, 9.17) is 4.42 Å². The maximum Gasteiger partial charge on any atom is 0.287 e. The van der Waals surface area contributed by atoms with Crippen LogP contribution in [0.2, 0.25) is 0 Å². The molecule has 4 nitrogen and oxygen atoms in total. The van der Waals surface area contributed by atoms with E-state index in [1.165, 1.54) is 6.26 Å². The molecule has 0 spiro atoms. The van der Waals surface area contributed by atoms with Gasteiger partial charge in [0.2, 0.25) is 0 Å². The maximum absolute atomic E-state index is 12.1. The van der Waals surface area contributed by atoms with Crippen molar-refractivity contribution in [2.75, 3.05) is 0 Å². The Hall–Kier alpha value is -2.07. The molecule has 1 amide bonds. The van der Waals surface area contributed by atoms with Crippen LogP contribution in [0, 0.1) is 6.92 Å². The molecule has 1 aliphatic carbocycles. The molecular formula is C15H15NO3. The number of aliphatic hydroxyl groups excluding tert-OH is 1. The van der Waals surface area contributed by atoms with Crippen LogP contribution < -0.4 is 5.32 Å². The number of rotatable bonds is 2. The van der Waals surface area contributed by atoms with Gasteiger partial charge in [-0.05, 0) is 24.1 Å². The van der Waals surface area contributed by atoms with Crippen LogP contribution in [-0.4, -0.2) is 17.1 Å². The highest BCUT2D eigenvalue weighted by Crippen LogP contribution is 2.31. The van der Waals surface area contributed by atoms with E-state index in [9.17, 15) is 9.90 Å². The Bertz CT molecular complexity index is 617. The number of hydrogen-bond acceptors (Lipinski definition) is 3. The third kappa shape index (κ3) is 2.04. The molecule has 0 aliphatic heterocycles. The van der Waals surface area contributed by atoms with E-state index in [1.54, 1.807) is 6.07 Å². The molecule has 0 bridgehead atoms. The first-order valence-electron chi connectivity index (χ1n) is 6.27. The molecule has 2 N–H and O–H groups in total. The lowest BCUT2D eigenvalue weighted by atomic mass is 10.1. The molecule has 0 unspecified atom stereocenters. The van der Waals surface area contributed by atoms with E-state index < -0.39 is 6.10 Å². The lowest BCUT2D eigenvalue weighted by Gasteiger charge is -2.17. The summed E-state index contributed by atoms with van der Waals surface area (Å²) in [4.78, 5) is 12.1. The van der Waals surface area contributed by atoms with Gasteiger partial charge in [0.15, 0.2) is 5.76 Å². The monoisotopic (exact) mass is 257 g/mol. The summed E-state index contributed by atoms with van der Waals surface area (Å²) in [6.45, 7) is 1.82. The Labute approximate surface area is 111 Å². The quantitative estimate of drug-likeness (QED) is 0.864. The molecule has 19 heavy (non-hydrogen) atoms. The summed E-state index contributed by atoms with van der Waals surface area (Å²) < 4.78 is 5.17. The molecule has 2 atom stereocenters. The van der Waals surface area contributed by atoms with Crippen LogP contribution in [0.1, 0.15) is 33.3 Å². The van der Waals surface area contributed by atoms with E-state index in [1.807, 2.05) is 31.2 Å². The predicted octanol–water partition coefficient (Wildman–Crippen LogP) is 1.98. The van der Waals surface area contributed by atoms with Crippen molar-refractivity contribution in [3.8, 4) is 0 Å². The first-order chi connectivity index (χ1) is 9.16. The van der Waals surface area contributed by atoms with Gasteiger partial charge in [-0.1, -0.05) is 24.3 Å². The van der Waals surface area contributed by atoms with E-state index in [0.717, 1.165) is 16.7 Å². The molecule has 2 aromatic rings. The number of furan rings is 1. The minimum absolute atomic E-state index is 0.289. The SMILES string of the molecule is Cc1ccoc1C(=O)N[C@@H]1c2ccccc2C[C@@H]1O. The predicted molar refractivity (Wildman–Crippen MR) is 69.8 cm³/mol. The zero-order valence-corrected chi connectivity index (χ0v) is 10.6. The first kappa shape index (κ1) is 12.0. The molecule has 1 heterocycles. The summed E-state index contributed by atoms with van der Waals surface area (Å²) in [5, 5.41) is 12.9. The van der Waals surface area contributed by atoms with Crippen molar-refractivity contribution in [2.45, 2.75) is 25.5 Å². The van der Waals surface area contributed by atoms with Crippen molar-refractivity contribution in [3.63, 3.8) is 0 Å². The second kappa shape index (κ2) is 4.55. The van der Waals surface area contributed by atoms with E-state index in [2.05, 4.69) is 5.32 Å². The van der Waals surface area contributed by atoms with Crippen LogP contribution in [0.5, 0.6) is 0 Å². The van der Waals surface area contributed by atoms with Gasteiger partial charge >= 0.3 is 0 Å². The standard InChI is InChI=1S/C15H15NO3/c1-9-6-7-19-14(9)15(18)16-13-11-5-3-2-4-10(11)8-12(13)17/h2-7,12-13,17H,8H2,1H3,(H,16,18)/t12-,13+/m0/s1. The molecule has 1 aromatic heterocycles. The van der Waals surface area contributed by atoms with Crippen LogP contribution in [0.4, 0.5) is 0 Å². The van der Waals surface area contributed by atoms with Crippen molar-refractivity contribution in [1.29, 1.82) is 0 Å². The van der Waals surface area contributed by atoms with Crippen LogP contribution in [0.15, 0.2) is 41.0 Å². The summed E-state index contributed by atoms with van der Waals surface area (Å²) >= 11 is 0. The molecular weight excluding hydrogens is 242 g/mol. The van der Waals surface area contributed by atoms with Crippen molar-refractivity contribution < 1.29 is 14.3 Å². The van der Waals surface area contributed by atoms with Crippen LogP contribution >= 0.6 is 0 Å². The summed E-state index contributed by atoms with van der Waals surface area (Å²) in [6, 6.07) is 9.14. The second-order valence-electron chi connectivity index (χ2n) is 4.85. The summed E-state index contributed by atoms with van der Waals surface area (Å²) in [5.74, 6) is 0.0137. The van der Waals surface area contributed by atoms with Crippen molar-refractivity contribution in [1.82, 2.24) is 5.32 Å². The normalized spacial score (nSPS) is 21.2. The average molecular weight is 257 g/mol. The molecule has 4 heteroatoms. The molecule has 0 fully saturated rings. The maximum atomic E-state index is 12.1. The van der Waals surface area contributed by atoms with Crippen molar-refractivity contribution in [3.05, 3.63) is 59.0 Å². The molecule has 0 radical (unpaired) electrons. The lowest BCUT2D eigenvalue weighted by molar-refractivity contribution is 0.0831. The summed E-state index contributed by atoms with van der Waals surface area (Å²) in [5.41, 5.74) is 2.85. The largest absolute Gasteiger partial charge is 0.459 e. The van der Waals surface area contributed by atoms with Gasteiger partial charge in [0.05, 0.1) is 18.4 Å². The highest BCUT2D eigenvalue weighted by molar-refractivity contribution is 5.93. The van der Waals surface area contributed by atoms with Crippen molar-refractivity contribution in [2.24, 2.45) is 0 Å².